The predicted molar refractivity (Wildman–Crippen MR) is 112 cm³/mol. The molecule has 0 fully saturated rings. The van der Waals surface area contributed by atoms with Crippen molar-refractivity contribution < 1.29 is 13.2 Å². The van der Waals surface area contributed by atoms with Crippen molar-refractivity contribution in [2.75, 3.05) is 6.26 Å². The highest BCUT2D eigenvalue weighted by molar-refractivity contribution is 7.90. The normalized spacial score (nSPS) is 10.2. The zero-order valence-corrected chi connectivity index (χ0v) is 18.2. The minimum Gasteiger partial charge on any atom is -0.460 e. The summed E-state index contributed by atoms with van der Waals surface area (Å²) < 4.78 is 30.1. The average Bonchev–Trinajstić information content (AvgIpc) is 3.00. The third kappa shape index (κ3) is 7.78. The Balaban J connectivity index is 0.00000123. The van der Waals surface area contributed by atoms with Crippen LogP contribution in [0.5, 0.6) is 6.01 Å². The highest BCUT2D eigenvalue weighted by atomic mass is 32.2. The molecule has 0 bridgehead atoms. The van der Waals surface area contributed by atoms with Gasteiger partial charge in [-0.15, -0.1) is 11.7 Å². The topological polar surface area (TPSA) is 74.1 Å². The summed E-state index contributed by atoms with van der Waals surface area (Å²) in [7, 11) is -3.23. The molecule has 0 unspecified atom stereocenters. The average molecular weight is 394 g/mol. The molecule has 1 aromatic heterocycles. The highest BCUT2D eigenvalue weighted by Crippen LogP contribution is 2.20. The van der Waals surface area contributed by atoms with Gasteiger partial charge in [0.25, 0.3) is 0 Å². The van der Waals surface area contributed by atoms with Crippen LogP contribution in [0.4, 0.5) is 0 Å². The Labute approximate surface area is 163 Å². The van der Waals surface area contributed by atoms with Crippen LogP contribution in [0.15, 0.2) is 48.4 Å². The van der Waals surface area contributed by atoms with Crippen LogP contribution >= 0.6 is 0 Å². The Bertz CT molecular complexity index is 836. The van der Waals surface area contributed by atoms with Gasteiger partial charge >= 0.3 is 6.01 Å². The number of hydrogen-bond donors (Lipinski definition) is 0. The van der Waals surface area contributed by atoms with Crippen molar-refractivity contribution in [2.45, 2.75) is 52.5 Å². The van der Waals surface area contributed by atoms with Gasteiger partial charge in [0.2, 0.25) is 0 Å². The molecule has 0 amide bonds. The van der Waals surface area contributed by atoms with Crippen molar-refractivity contribution in [3.8, 4) is 11.7 Å². The van der Waals surface area contributed by atoms with Gasteiger partial charge in [-0.05, 0) is 57.5 Å². The van der Waals surface area contributed by atoms with Crippen LogP contribution in [-0.2, 0) is 9.84 Å². The molecule has 0 saturated heterocycles. The molecule has 0 spiro atoms. The number of benzene rings is 1. The van der Waals surface area contributed by atoms with E-state index < -0.39 is 9.84 Å². The lowest BCUT2D eigenvalue weighted by Crippen LogP contribution is -2.07. The second kappa shape index (κ2) is 11.3. The van der Waals surface area contributed by atoms with Gasteiger partial charge in [0.05, 0.1) is 16.7 Å². The van der Waals surface area contributed by atoms with Crippen LogP contribution in [0.1, 0.15) is 47.4 Å². The standard InChI is InChI=1S/C15H19N3O3S.C3H6.C2H6/c1-10(2)14-16-15(21-11(3)4)17-18(14)12-6-8-13(9-7-12)22(5,19)20;1-3-2;1-2/h6-9,11H,1H2,2-5H3;3H,1H2,2H3;1-2H3. The lowest BCUT2D eigenvalue weighted by Gasteiger charge is -2.06. The molecule has 1 aromatic carbocycles. The van der Waals surface area contributed by atoms with E-state index in [2.05, 4.69) is 23.2 Å². The number of rotatable bonds is 5. The maximum Gasteiger partial charge on any atom is 0.336 e. The summed E-state index contributed by atoms with van der Waals surface area (Å²) >= 11 is 0. The van der Waals surface area contributed by atoms with E-state index in [9.17, 15) is 8.42 Å². The van der Waals surface area contributed by atoms with Crippen molar-refractivity contribution in [1.82, 2.24) is 14.8 Å². The number of nitrogens with zero attached hydrogens (tertiary/aromatic N) is 3. The van der Waals surface area contributed by atoms with E-state index in [0.717, 1.165) is 5.57 Å². The first-order valence-electron chi connectivity index (χ1n) is 8.77. The van der Waals surface area contributed by atoms with Gasteiger partial charge in [-0.2, -0.15) is 4.98 Å². The minimum atomic E-state index is -3.23. The van der Waals surface area contributed by atoms with Crippen LogP contribution in [0, 0.1) is 0 Å². The molecule has 1 heterocycles. The van der Waals surface area contributed by atoms with E-state index in [1.165, 1.54) is 18.4 Å². The maximum atomic E-state index is 11.5. The summed E-state index contributed by atoms with van der Waals surface area (Å²) in [5.74, 6) is 0.572. The third-order valence-corrected chi connectivity index (χ3v) is 3.95. The second-order valence-electron chi connectivity index (χ2n) is 5.75. The van der Waals surface area contributed by atoms with Crippen molar-refractivity contribution in [2.24, 2.45) is 0 Å². The summed E-state index contributed by atoms with van der Waals surface area (Å²) in [5, 5.41) is 4.31. The molecule has 0 radical (unpaired) electrons. The molecular weight excluding hydrogens is 362 g/mol. The number of allylic oxidation sites excluding steroid dienone is 2. The number of ether oxygens (including phenoxy) is 1. The smallest absolute Gasteiger partial charge is 0.336 e. The van der Waals surface area contributed by atoms with Gasteiger partial charge in [-0.3, -0.25) is 0 Å². The Morgan fingerprint density at radius 2 is 1.70 bits per heavy atom. The van der Waals surface area contributed by atoms with Crippen LogP contribution in [-0.4, -0.2) is 35.5 Å². The van der Waals surface area contributed by atoms with Gasteiger partial charge < -0.3 is 4.74 Å². The van der Waals surface area contributed by atoms with Crippen LogP contribution in [0.3, 0.4) is 0 Å². The van der Waals surface area contributed by atoms with Gasteiger partial charge in [0, 0.05) is 6.26 Å². The second-order valence-corrected chi connectivity index (χ2v) is 7.77. The highest BCUT2D eigenvalue weighted by Gasteiger charge is 2.15. The zero-order valence-electron chi connectivity index (χ0n) is 17.4. The van der Waals surface area contributed by atoms with Gasteiger partial charge in [-0.25, -0.2) is 13.1 Å². The molecule has 2 rings (SSSR count). The summed E-state index contributed by atoms with van der Waals surface area (Å²) in [6.45, 7) is 18.7. The van der Waals surface area contributed by atoms with Crippen molar-refractivity contribution in [3.05, 3.63) is 49.3 Å². The molecule has 6 nitrogen and oxygen atoms in total. The molecule has 150 valence electrons. The first-order chi connectivity index (χ1) is 12.6. The monoisotopic (exact) mass is 393 g/mol. The Morgan fingerprint density at radius 3 is 2.07 bits per heavy atom. The van der Waals surface area contributed by atoms with Crippen LogP contribution < -0.4 is 4.74 Å². The number of aromatic nitrogens is 3. The predicted octanol–water partition coefficient (Wildman–Crippen LogP) is 4.71. The third-order valence-electron chi connectivity index (χ3n) is 2.82. The van der Waals surface area contributed by atoms with Crippen molar-refractivity contribution in [3.63, 3.8) is 0 Å². The largest absolute Gasteiger partial charge is 0.460 e. The van der Waals surface area contributed by atoms with E-state index in [1.54, 1.807) is 22.9 Å². The summed E-state index contributed by atoms with van der Waals surface area (Å²) in [6.07, 6.45) is 2.88. The minimum absolute atomic E-state index is 0.0403. The van der Waals surface area contributed by atoms with E-state index in [4.69, 9.17) is 4.74 Å². The van der Waals surface area contributed by atoms with E-state index in [1.807, 2.05) is 41.5 Å². The molecule has 0 saturated carbocycles. The molecule has 7 heteroatoms. The van der Waals surface area contributed by atoms with Crippen molar-refractivity contribution >= 4 is 15.4 Å². The van der Waals surface area contributed by atoms with E-state index in [-0.39, 0.29) is 17.0 Å². The van der Waals surface area contributed by atoms with Crippen molar-refractivity contribution in [1.29, 1.82) is 0 Å². The van der Waals surface area contributed by atoms with E-state index in [0.29, 0.717) is 11.5 Å². The zero-order chi connectivity index (χ0) is 21.2. The Kier molecular flexibility index (Phi) is 10.3. The first kappa shape index (κ1) is 24.6. The SMILES string of the molecule is C=C(C)c1nc(OC(C)C)nn1-c1ccc(S(C)(=O)=O)cc1.C=CC.CC. The summed E-state index contributed by atoms with van der Waals surface area (Å²) in [6, 6.07) is 6.70. The molecule has 2 aromatic rings. The Morgan fingerprint density at radius 1 is 1.22 bits per heavy atom. The maximum absolute atomic E-state index is 11.5. The molecule has 0 aliphatic rings. The molecule has 0 N–H and O–H groups in total. The van der Waals surface area contributed by atoms with Crippen LogP contribution in [0.2, 0.25) is 0 Å². The molecule has 0 aliphatic heterocycles. The Hall–Kier alpha value is -2.41. The number of sulfone groups is 1. The molecular formula is C20H31N3O3S. The quantitative estimate of drug-likeness (QED) is 0.688. The molecule has 0 aliphatic carbocycles. The fourth-order valence-corrected chi connectivity index (χ4v) is 2.48. The lowest BCUT2D eigenvalue weighted by molar-refractivity contribution is 0.222. The fourth-order valence-electron chi connectivity index (χ4n) is 1.84. The molecule has 27 heavy (non-hydrogen) atoms. The first-order valence-corrected chi connectivity index (χ1v) is 10.7. The van der Waals surface area contributed by atoms with E-state index >= 15 is 0 Å². The van der Waals surface area contributed by atoms with Gasteiger partial charge in [-0.1, -0.05) is 26.5 Å². The summed E-state index contributed by atoms with van der Waals surface area (Å²) in [4.78, 5) is 4.57. The molecule has 0 atom stereocenters. The lowest BCUT2D eigenvalue weighted by atomic mass is 10.3. The number of hydrogen-bond acceptors (Lipinski definition) is 5. The van der Waals surface area contributed by atoms with Crippen LogP contribution in [0.25, 0.3) is 11.3 Å². The summed E-state index contributed by atoms with van der Waals surface area (Å²) in [5.41, 5.74) is 1.43. The van der Waals surface area contributed by atoms with Gasteiger partial charge in [0.15, 0.2) is 15.7 Å². The van der Waals surface area contributed by atoms with Gasteiger partial charge in [0.1, 0.15) is 0 Å². The fraction of sp³-hybridized carbons (Fsp3) is 0.400.